The van der Waals surface area contributed by atoms with Crippen LogP contribution in [-0.2, 0) is 9.89 Å². The summed E-state index contributed by atoms with van der Waals surface area (Å²) in [5, 5.41) is 2.87. The summed E-state index contributed by atoms with van der Waals surface area (Å²) in [5.74, 6) is 0.947. The normalized spacial score (nSPS) is 14.3. The number of benzene rings is 2. The zero-order valence-corrected chi connectivity index (χ0v) is 20.7. The van der Waals surface area contributed by atoms with Crippen LogP contribution in [0.25, 0.3) is 0 Å². The monoisotopic (exact) mass is 417 g/mol. The fraction of sp³-hybridized carbons (Fsp3) is 0.478. The molecular formula is C23H36NO2PSi. The summed E-state index contributed by atoms with van der Waals surface area (Å²) in [6.07, 6.45) is 1.05. The van der Waals surface area contributed by atoms with Crippen LogP contribution in [-0.4, -0.2) is 36.1 Å². The van der Waals surface area contributed by atoms with E-state index in [0.717, 1.165) is 12.2 Å². The Hall–Kier alpha value is -1.35. The average Bonchev–Trinajstić information content (AvgIpc) is 2.65. The Labute approximate surface area is 174 Å². The van der Waals surface area contributed by atoms with Crippen molar-refractivity contribution in [1.82, 2.24) is 0 Å². The Balaban J connectivity index is 2.56. The van der Waals surface area contributed by atoms with E-state index in [1.807, 2.05) is 0 Å². The highest BCUT2D eigenvalue weighted by Crippen LogP contribution is 2.48. The highest BCUT2D eigenvalue weighted by atomic mass is 31.1. The van der Waals surface area contributed by atoms with Crippen LogP contribution in [0.5, 0.6) is 5.75 Å². The Bertz CT molecular complexity index is 788. The molecule has 3 nitrogen and oxygen atoms in total. The second-order valence-electron chi connectivity index (χ2n) is 8.73. The molecule has 0 aliphatic rings. The topological polar surface area (TPSA) is 21.7 Å². The third kappa shape index (κ3) is 5.37. The number of para-hydroxylation sites is 1. The molecule has 0 aliphatic carbocycles. The molecule has 2 unspecified atom stereocenters. The van der Waals surface area contributed by atoms with E-state index >= 15 is 0 Å². The SMILES string of the molecule is CCC(C)(Pc1ccccc1N(C)C)c1cc([Si](C)(C)C)ccc1OCOC. The molecule has 0 fully saturated rings. The number of hydrogen-bond donors (Lipinski definition) is 0. The lowest BCUT2D eigenvalue weighted by atomic mass is 9.96. The molecule has 0 heterocycles. The van der Waals surface area contributed by atoms with Crippen molar-refractivity contribution < 1.29 is 9.47 Å². The number of anilines is 1. The minimum atomic E-state index is -1.42. The number of methoxy groups -OCH3 is 1. The maximum Gasteiger partial charge on any atom is 0.188 e. The molecule has 5 heteroatoms. The summed E-state index contributed by atoms with van der Waals surface area (Å²) in [5.41, 5.74) is 2.60. The maximum atomic E-state index is 6.00. The number of ether oxygens (including phenoxy) is 2. The van der Waals surface area contributed by atoms with Crippen LogP contribution in [0.3, 0.4) is 0 Å². The van der Waals surface area contributed by atoms with Gasteiger partial charge in [-0.25, -0.2) is 0 Å². The maximum absolute atomic E-state index is 6.00. The molecule has 0 aromatic heterocycles. The first-order valence-corrected chi connectivity index (χ1v) is 14.4. The van der Waals surface area contributed by atoms with E-state index in [1.165, 1.54) is 21.7 Å². The van der Waals surface area contributed by atoms with Gasteiger partial charge in [0.05, 0.1) is 8.07 Å². The van der Waals surface area contributed by atoms with Crippen LogP contribution in [0.2, 0.25) is 19.6 Å². The van der Waals surface area contributed by atoms with Gasteiger partial charge in [-0.2, -0.15) is 0 Å². The van der Waals surface area contributed by atoms with Gasteiger partial charge in [-0.05, 0) is 23.9 Å². The van der Waals surface area contributed by atoms with Gasteiger partial charge in [0, 0.05) is 37.6 Å². The first-order chi connectivity index (χ1) is 13.1. The second kappa shape index (κ2) is 9.43. The van der Waals surface area contributed by atoms with Crippen LogP contribution in [0.1, 0.15) is 25.8 Å². The van der Waals surface area contributed by atoms with Crippen molar-refractivity contribution in [2.45, 2.75) is 45.1 Å². The minimum Gasteiger partial charge on any atom is -0.467 e. The lowest BCUT2D eigenvalue weighted by Gasteiger charge is -2.33. The highest BCUT2D eigenvalue weighted by Gasteiger charge is 2.31. The van der Waals surface area contributed by atoms with Crippen molar-refractivity contribution in [2.75, 3.05) is 32.9 Å². The zero-order chi connectivity index (χ0) is 20.9. The third-order valence-corrected chi connectivity index (χ3v) is 9.19. The molecule has 0 spiro atoms. The van der Waals surface area contributed by atoms with Gasteiger partial charge in [0.25, 0.3) is 0 Å². The van der Waals surface area contributed by atoms with E-state index in [-0.39, 0.29) is 11.9 Å². The summed E-state index contributed by atoms with van der Waals surface area (Å²) in [7, 11) is 5.13. The molecule has 0 bridgehead atoms. The van der Waals surface area contributed by atoms with Crippen molar-refractivity contribution in [3.8, 4) is 5.75 Å². The Morgan fingerprint density at radius 3 is 2.32 bits per heavy atom. The van der Waals surface area contributed by atoms with Gasteiger partial charge in [0.2, 0.25) is 0 Å². The molecule has 2 atom stereocenters. The molecule has 154 valence electrons. The van der Waals surface area contributed by atoms with Crippen molar-refractivity contribution >= 4 is 32.8 Å². The third-order valence-electron chi connectivity index (χ3n) is 5.28. The molecule has 0 saturated heterocycles. The predicted octanol–water partition coefficient (Wildman–Crippen LogP) is 4.91. The van der Waals surface area contributed by atoms with Crippen LogP contribution >= 0.6 is 8.58 Å². The van der Waals surface area contributed by atoms with Gasteiger partial charge >= 0.3 is 0 Å². The summed E-state index contributed by atoms with van der Waals surface area (Å²) in [4.78, 5) is 2.21. The molecule has 2 aromatic rings. The van der Waals surface area contributed by atoms with Crippen molar-refractivity contribution in [3.05, 3.63) is 48.0 Å². The average molecular weight is 418 g/mol. The summed E-state index contributed by atoms with van der Waals surface area (Å²) >= 11 is 0. The Morgan fingerprint density at radius 1 is 1.07 bits per heavy atom. The summed E-state index contributed by atoms with van der Waals surface area (Å²) in [6, 6.07) is 15.5. The Kier molecular flexibility index (Phi) is 7.72. The lowest BCUT2D eigenvalue weighted by molar-refractivity contribution is 0.0500. The number of rotatable bonds is 9. The standard InChI is InChI=1S/C23H36NO2PSi/c1-9-23(2,27-22-13-11-10-12-20(22)24(3)4)19-16-18(28(6,7)8)14-15-21(19)26-17-25-5/h10-16,27H,9,17H2,1-8H3. The van der Waals surface area contributed by atoms with Gasteiger partial charge in [0.15, 0.2) is 6.79 Å². The van der Waals surface area contributed by atoms with E-state index in [4.69, 9.17) is 9.47 Å². The van der Waals surface area contributed by atoms with E-state index in [0.29, 0.717) is 8.58 Å². The van der Waals surface area contributed by atoms with Gasteiger partial charge in [-0.15, -0.1) is 0 Å². The first-order valence-electron chi connectivity index (χ1n) is 9.93. The molecular weight excluding hydrogens is 381 g/mol. The summed E-state index contributed by atoms with van der Waals surface area (Å²) < 4.78 is 11.2. The molecule has 0 amide bonds. The van der Waals surface area contributed by atoms with Gasteiger partial charge in [-0.3, -0.25) is 0 Å². The molecule has 0 aliphatic heterocycles. The Morgan fingerprint density at radius 2 is 1.75 bits per heavy atom. The number of hydrogen-bond acceptors (Lipinski definition) is 3. The van der Waals surface area contributed by atoms with Crippen LogP contribution < -0.4 is 20.1 Å². The lowest BCUT2D eigenvalue weighted by Crippen LogP contribution is -2.38. The predicted molar refractivity (Wildman–Crippen MR) is 128 cm³/mol. The molecule has 2 rings (SSSR count). The highest BCUT2D eigenvalue weighted by molar-refractivity contribution is 7.49. The fourth-order valence-electron chi connectivity index (χ4n) is 3.29. The quantitative estimate of drug-likeness (QED) is 0.329. The number of nitrogens with zero attached hydrogens (tertiary/aromatic N) is 1. The van der Waals surface area contributed by atoms with Crippen LogP contribution in [0, 0.1) is 0 Å². The van der Waals surface area contributed by atoms with Gasteiger partial charge < -0.3 is 14.4 Å². The summed E-state index contributed by atoms with van der Waals surface area (Å²) in [6.45, 7) is 12.1. The van der Waals surface area contributed by atoms with Crippen molar-refractivity contribution in [3.63, 3.8) is 0 Å². The molecule has 0 radical (unpaired) electrons. The first kappa shape index (κ1) is 22.9. The van der Waals surface area contributed by atoms with Gasteiger partial charge in [-0.1, -0.05) is 77.6 Å². The van der Waals surface area contributed by atoms with E-state index < -0.39 is 8.07 Å². The van der Waals surface area contributed by atoms with Crippen LogP contribution in [0.15, 0.2) is 42.5 Å². The fourth-order valence-corrected chi connectivity index (χ4v) is 6.17. The molecule has 2 aromatic carbocycles. The van der Waals surface area contributed by atoms with E-state index in [1.54, 1.807) is 7.11 Å². The zero-order valence-electron chi connectivity index (χ0n) is 18.7. The van der Waals surface area contributed by atoms with Crippen molar-refractivity contribution in [1.29, 1.82) is 0 Å². The van der Waals surface area contributed by atoms with Gasteiger partial charge in [0.1, 0.15) is 5.75 Å². The van der Waals surface area contributed by atoms with E-state index in [9.17, 15) is 0 Å². The molecule has 0 N–H and O–H groups in total. The van der Waals surface area contributed by atoms with Crippen molar-refractivity contribution in [2.24, 2.45) is 0 Å². The molecule has 0 saturated carbocycles. The second-order valence-corrected chi connectivity index (χ2v) is 15.7. The van der Waals surface area contributed by atoms with E-state index in [2.05, 4.69) is 94.9 Å². The smallest absolute Gasteiger partial charge is 0.188 e. The van der Waals surface area contributed by atoms with Crippen LogP contribution in [0.4, 0.5) is 5.69 Å². The molecule has 28 heavy (non-hydrogen) atoms. The largest absolute Gasteiger partial charge is 0.467 e. The minimum absolute atomic E-state index is 0.00481.